The van der Waals surface area contributed by atoms with Crippen molar-refractivity contribution in [1.82, 2.24) is 15.0 Å². The first-order chi connectivity index (χ1) is 9.76. The molecule has 0 saturated carbocycles. The normalized spacial score (nSPS) is 11.1. The van der Waals surface area contributed by atoms with Crippen LogP contribution in [0, 0.1) is 6.92 Å². The van der Waals surface area contributed by atoms with Crippen LogP contribution in [-0.2, 0) is 5.75 Å². The highest BCUT2D eigenvalue weighted by atomic mass is 32.2. The Balaban J connectivity index is 1.83. The molecule has 0 atom stereocenters. The standard InChI is InChI=1S/C13H14N4S3/c1-3-14-11-9-4-5-18-12(9)17-10(16-11)7-20-13-15-8(2)6-19-13/h4-6H,3,7H2,1-2H3,(H,14,16,17). The molecule has 7 heteroatoms. The van der Waals surface area contributed by atoms with E-state index in [1.165, 1.54) is 0 Å². The van der Waals surface area contributed by atoms with Crippen molar-refractivity contribution in [3.05, 3.63) is 28.3 Å². The second-order valence-corrected chi connectivity index (χ2v) is 7.18. The van der Waals surface area contributed by atoms with E-state index in [9.17, 15) is 0 Å². The van der Waals surface area contributed by atoms with E-state index in [0.717, 1.165) is 44.2 Å². The highest BCUT2D eigenvalue weighted by Gasteiger charge is 2.09. The lowest BCUT2D eigenvalue weighted by Gasteiger charge is -2.06. The van der Waals surface area contributed by atoms with Gasteiger partial charge >= 0.3 is 0 Å². The molecular formula is C13H14N4S3. The Morgan fingerprint density at radius 2 is 2.15 bits per heavy atom. The molecule has 3 aromatic heterocycles. The molecule has 0 radical (unpaired) electrons. The van der Waals surface area contributed by atoms with Crippen molar-refractivity contribution < 1.29 is 0 Å². The number of thiophene rings is 1. The zero-order chi connectivity index (χ0) is 13.9. The summed E-state index contributed by atoms with van der Waals surface area (Å²) >= 11 is 5.02. The van der Waals surface area contributed by atoms with Crippen LogP contribution in [0.5, 0.6) is 0 Å². The average molecular weight is 322 g/mol. The third-order valence-electron chi connectivity index (χ3n) is 2.64. The first-order valence-electron chi connectivity index (χ1n) is 6.29. The van der Waals surface area contributed by atoms with Crippen LogP contribution in [-0.4, -0.2) is 21.5 Å². The van der Waals surface area contributed by atoms with Crippen molar-refractivity contribution in [2.75, 3.05) is 11.9 Å². The van der Waals surface area contributed by atoms with Gasteiger partial charge < -0.3 is 5.32 Å². The van der Waals surface area contributed by atoms with Crippen molar-refractivity contribution in [2.24, 2.45) is 0 Å². The maximum Gasteiger partial charge on any atom is 0.150 e. The van der Waals surface area contributed by atoms with Crippen molar-refractivity contribution in [3.8, 4) is 0 Å². The van der Waals surface area contributed by atoms with Crippen LogP contribution in [0.25, 0.3) is 10.2 Å². The fraction of sp³-hybridized carbons (Fsp3) is 0.308. The summed E-state index contributed by atoms with van der Waals surface area (Å²) in [5, 5.41) is 8.54. The lowest BCUT2D eigenvalue weighted by atomic mass is 10.3. The minimum absolute atomic E-state index is 0.749. The molecule has 4 nitrogen and oxygen atoms in total. The van der Waals surface area contributed by atoms with Gasteiger partial charge in [0.1, 0.15) is 16.5 Å². The molecule has 0 amide bonds. The summed E-state index contributed by atoms with van der Waals surface area (Å²) < 4.78 is 1.07. The molecule has 3 heterocycles. The monoisotopic (exact) mass is 322 g/mol. The van der Waals surface area contributed by atoms with Gasteiger partial charge in [0.05, 0.1) is 11.1 Å². The predicted molar refractivity (Wildman–Crippen MR) is 88.0 cm³/mol. The van der Waals surface area contributed by atoms with Gasteiger partial charge in [0, 0.05) is 17.6 Å². The quantitative estimate of drug-likeness (QED) is 0.714. The molecule has 0 spiro atoms. The van der Waals surface area contributed by atoms with E-state index >= 15 is 0 Å². The maximum absolute atomic E-state index is 4.63. The van der Waals surface area contributed by atoms with Crippen molar-refractivity contribution >= 4 is 50.5 Å². The van der Waals surface area contributed by atoms with Crippen molar-refractivity contribution in [1.29, 1.82) is 0 Å². The fourth-order valence-electron chi connectivity index (χ4n) is 1.79. The molecule has 0 unspecified atom stereocenters. The Hall–Kier alpha value is -1.18. The number of fused-ring (bicyclic) bond motifs is 1. The summed E-state index contributed by atoms with van der Waals surface area (Å²) in [4.78, 5) is 14.7. The number of thiazole rings is 1. The highest BCUT2D eigenvalue weighted by Crippen LogP contribution is 2.29. The minimum Gasteiger partial charge on any atom is -0.370 e. The Labute approximate surface area is 129 Å². The zero-order valence-corrected chi connectivity index (χ0v) is 13.7. The van der Waals surface area contributed by atoms with E-state index in [2.05, 4.69) is 44.0 Å². The van der Waals surface area contributed by atoms with Gasteiger partial charge in [-0.2, -0.15) is 0 Å². The Kier molecular flexibility index (Phi) is 4.18. The van der Waals surface area contributed by atoms with Gasteiger partial charge in [-0.25, -0.2) is 15.0 Å². The van der Waals surface area contributed by atoms with E-state index in [-0.39, 0.29) is 0 Å². The molecule has 104 valence electrons. The second-order valence-electron chi connectivity index (χ2n) is 4.20. The van der Waals surface area contributed by atoms with Crippen molar-refractivity contribution in [2.45, 2.75) is 23.9 Å². The van der Waals surface area contributed by atoms with Gasteiger partial charge in [-0.3, -0.25) is 0 Å². The third kappa shape index (κ3) is 2.94. The number of aromatic nitrogens is 3. The molecule has 3 aromatic rings. The van der Waals surface area contributed by atoms with E-state index in [0.29, 0.717) is 0 Å². The minimum atomic E-state index is 0.749. The summed E-state index contributed by atoms with van der Waals surface area (Å²) in [6.45, 7) is 4.95. The van der Waals surface area contributed by atoms with E-state index < -0.39 is 0 Å². The first kappa shape index (κ1) is 13.8. The number of anilines is 1. The smallest absolute Gasteiger partial charge is 0.150 e. The van der Waals surface area contributed by atoms with Gasteiger partial charge in [0.25, 0.3) is 0 Å². The zero-order valence-electron chi connectivity index (χ0n) is 11.2. The SMILES string of the molecule is CCNc1nc(CSc2nc(C)cs2)nc2sccc12. The highest BCUT2D eigenvalue weighted by molar-refractivity contribution is 8.00. The van der Waals surface area contributed by atoms with Crippen LogP contribution in [0.1, 0.15) is 18.4 Å². The molecule has 20 heavy (non-hydrogen) atoms. The Morgan fingerprint density at radius 1 is 1.25 bits per heavy atom. The molecule has 0 aromatic carbocycles. The Bertz CT molecular complexity index is 719. The predicted octanol–water partition coefficient (Wildman–Crippen LogP) is 4.18. The first-order valence-corrected chi connectivity index (χ1v) is 9.03. The number of thioether (sulfide) groups is 1. The molecule has 0 aliphatic heterocycles. The lowest BCUT2D eigenvalue weighted by molar-refractivity contribution is 1.05. The van der Waals surface area contributed by atoms with Crippen LogP contribution in [0.4, 0.5) is 5.82 Å². The average Bonchev–Trinajstić information content (AvgIpc) is 3.05. The number of nitrogens with zero attached hydrogens (tertiary/aromatic N) is 3. The number of rotatable bonds is 5. The van der Waals surface area contributed by atoms with Gasteiger partial charge in [-0.15, -0.1) is 22.7 Å². The fourth-order valence-corrected chi connectivity index (χ4v) is 4.28. The Morgan fingerprint density at radius 3 is 2.90 bits per heavy atom. The van der Waals surface area contributed by atoms with Crippen molar-refractivity contribution in [3.63, 3.8) is 0 Å². The van der Waals surface area contributed by atoms with Gasteiger partial charge in [0.15, 0.2) is 4.34 Å². The summed E-state index contributed by atoms with van der Waals surface area (Å²) in [5.41, 5.74) is 1.07. The van der Waals surface area contributed by atoms with Crippen LogP contribution in [0.2, 0.25) is 0 Å². The molecule has 0 saturated heterocycles. The number of hydrogen-bond acceptors (Lipinski definition) is 7. The molecular weight excluding hydrogens is 308 g/mol. The maximum atomic E-state index is 4.63. The second kappa shape index (κ2) is 6.07. The molecule has 0 aliphatic carbocycles. The lowest BCUT2D eigenvalue weighted by Crippen LogP contribution is -2.03. The number of hydrogen-bond donors (Lipinski definition) is 1. The van der Waals surface area contributed by atoms with E-state index in [4.69, 9.17) is 0 Å². The van der Waals surface area contributed by atoms with Crippen LogP contribution >= 0.6 is 34.4 Å². The third-order valence-corrected chi connectivity index (χ3v) is 5.58. The topological polar surface area (TPSA) is 50.7 Å². The van der Waals surface area contributed by atoms with Crippen LogP contribution in [0.15, 0.2) is 21.2 Å². The molecule has 0 aliphatic rings. The molecule has 3 rings (SSSR count). The summed E-state index contributed by atoms with van der Waals surface area (Å²) in [7, 11) is 0. The number of aryl methyl sites for hydroxylation is 1. The van der Waals surface area contributed by atoms with Crippen LogP contribution < -0.4 is 5.32 Å². The van der Waals surface area contributed by atoms with Crippen LogP contribution in [0.3, 0.4) is 0 Å². The molecule has 1 N–H and O–H groups in total. The number of nitrogens with one attached hydrogen (secondary N) is 1. The van der Waals surface area contributed by atoms with E-state index in [1.807, 2.05) is 6.92 Å². The molecule has 0 fully saturated rings. The summed E-state index contributed by atoms with van der Waals surface area (Å²) in [5.74, 6) is 2.54. The summed E-state index contributed by atoms with van der Waals surface area (Å²) in [6, 6.07) is 2.07. The van der Waals surface area contributed by atoms with Gasteiger partial charge in [-0.05, 0) is 25.3 Å². The van der Waals surface area contributed by atoms with Gasteiger partial charge in [0.2, 0.25) is 0 Å². The largest absolute Gasteiger partial charge is 0.370 e. The summed E-state index contributed by atoms with van der Waals surface area (Å²) in [6.07, 6.45) is 0. The van der Waals surface area contributed by atoms with E-state index in [1.54, 1.807) is 34.4 Å². The van der Waals surface area contributed by atoms with Gasteiger partial charge in [-0.1, -0.05) is 11.8 Å². The molecule has 0 bridgehead atoms.